The average molecular weight is 378 g/mol. The van der Waals surface area contributed by atoms with Crippen molar-refractivity contribution in [1.29, 1.82) is 0 Å². The third-order valence-corrected chi connectivity index (χ3v) is 6.88. The predicted molar refractivity (Wildman–Crippen MR) is 88.6 cm³/mol. The molecule has 1 aromatic carbocycles. The number of rotatable bonds is 10. The molecule has 0 aliphatic carbocycles. The minimum absolute atomic E-state index is 0.00582. The van der Waals surface area contributed by atoms with Crippen molar-refractivity contribution in [2.45, 2.75) is 36.5 Å². The van der Waals surface area contributed by atoms with Gasteiger partial charge in [0, 0.05) is 26.1 Å². The third kappa shape index (κ3) is 5.26. The van der Waals surface area contributed by atoms with E-state index >= 15 is 0 Å². The molecule has 1 rings (SSSR count). The van der Waals surface area contributed by atoms with E-state index in [9.17, 15) is 21.6 Å². The van der Waals surface area contributed by atoms with Crippen LogP contribution in [0.25, 0.3) is 0 Å². The molecule has 0 saturated heterocycles. The number of nitrogens with one attached hydrogen (secondary N) is 1. The highest BCUT2D eigenvalue weighted by Gasteiger charge is 2.22. The first-order valence-electron chi connectivity index (χ1n) is 7.46. The van der Waals surface area contributed by atoms with Gasteiger partial charge in [-0.2, -0.15) is 4.31 Å². The Morgan fingerprint density at radius 1 is 1.04 bits per heavy atom. The molecule has 0 radical (unpaired) electrons. The summed E-state index contributed by atoms with van der Waals surface area (Å²) in [6.45, 7) is 4.09. The van der Waals surface area contributed by atoms with Crippen LogP contribution in [0.2, 0.25) is 0 Å². The number of carbonyl (C=O) groups is 1. The fourth-order valence-electron chi connectivity index (χ4n) is 2.03. The molecule has 0 aliphatic heterocycles. The predicted octanol–water partition coefficient (Wildman–Crippen LogP) is 0.860. The summed E-state index contributed by atoms with van der Waals surface area (Å²) < 4.78 is 52.4. The van der Waals surface area contributed by atoms with Crippen molar-refractivity contribution in [3.8, 4) is 0 Å². The molecule has 0 aliphatic rings. The van der Waals surface area contributed by atoms with Gasteiger partial charge in [0.05, 0.1) is 9.79 Å². The van der Waals surface area contributed by atoms with Crippen LogP contribution in [0.5, 0.6) is 0 Å². The first-order valence-corrected chi connectivity index (χ1v) is 10.4. The van der Waals surface area contributed by atoms with E-state index in [4.69, 9.17) is 5.11 Å². The Morgan fingerprint density at radius 3 is 2.00 bits per heavy atom. The summed E-state index contributed by atoms with van der Waals surface area (Å²) in [6, 6.07) is 4.94. The Balaban J connectivity index is 2.88. The van der Waals surface area contributed by atoms with Gasteiger partial charge < -0.3 is 5.11 Å². The average Bonchev–Trinajstić information content (AvgIpc) is 2.52. The molecule has 1 aromatic rings. The van der Waals surface area contributed by atoms with Gasteiger partial charge in [0.1, 0.15) is 0 Å². The summed E-state index contributed by atoms with van der Waals surface area (Å²) in [5, 5.41) is 8.51. The molecule has 2 N–H and O–H groups in total. The molecular weight excluding hydrogens is 356 g/mol. The molecule has 0 saturated carbocycles. The van der Waals surface area contributed by atoms with Crippen molar-refractivity contribution in [3.05, 3.63) is 24.3 Å². The Morgan fingerprint density at radius 2 is 1.54 bits per heavy atom. The standard InChI is InChI=1S/C14H22N2O6S2/c1-3-16(4-2)24(21,22)13-9-7-12(8-10-13)23(19,20)15-11-5-6-14(17)18/h7-10,15H,3-6,11H2,1-2H3,(H,17,18). The molecule has 0 amide bonds. The topological polar surface area (TPSA) is 121 Å². The van der Waals surface area contributed by atoms with Crippen LogP contribution in [0.4, 0.5) is 0 Å². The third-order valence-electron chi connectivity index (χ3n) is 3.34. The lowest BCUT2D eigenvalue weighted by atomic mass is 10.3. The lowest BCUT2D eigenvalue weighted by Crippen LogP contribution is -2.30. The Kier molecular flexibility index (Phi) is 7.33. The molecule has 0 fully saturated rings. The maximum atomic E-state index is 12.3. The smallest absolute Gasteiger partial charge is 0.303 e. The second kappa shape index (κ2) is 8.56. The maximum Gasteiger partial charge on any atom is 0.303 e. The van der Waals surface area contributed by atoms with Crippen LogP contribution in [0.1, 0.15) is 26.7 Å². The lowest BCUT2D eigenvalue weighted by Gasteiger charge is -2.18. The second-order valence-corrected chi connectivity index (χ2v) is 8.66. The van der Waals surface area contributed by atoms with E-state index in [0.29, 0.717) is 13.1 Å². The highest BCUT2D eigenvalue weighted by molar-refractivity contribution is 7.89. The summed E-state index contributed by atoms with van der Waals surface area (Å²) in [6.07, 6.45) is 0.0343. The van der Waals surface area contributed by atoms with E-state index in [1.54, 1.807) is 13.8 Å². The molecule has 0 unspecified atom stereocenters. The number of hydrogen-bond acceptors (Lipinski definition) is 5. The molecule has 0 bridgehead atoms. The molecule has 0 atom stereocenters. The summed E-state index contributed by atoms with van der Waals surface area (Å²) >= 11 is 0. The fraction of sp³-hybridized carbons (Fsp3) is 0.500. The number of aliphatic carboxylic acids is 1. The van der Waals surface area contributed by atoms with Crippen molar-refractivity contribution < 1.29 is 26.7 Å². The van der Waals surface area contributed by atoms with Crippen LogP contribution < -0.4 is 4.72 Å². The van der Waals surface area contributed by atoms with Crippen LogP contribution in [0.15, 0.2) is 34.1 Å². The van der Waals surface area contributed by atoms with Crippen LogP contribution in [-0.4, -0.2) is 51.9 Å². The SMILES string of the molecule is CCN(CC)S(=O)(=O)c1ccc(S(=O)(=O)NCCCC(=O)O)cc1. The summed E-state index contributed by atoms with van der Waals surface area (Å²) in [4.78, 5) is 10.3. The fourth-order valence-corrected chi connectivity index (χ4v) is 4.56. The minimum Gasteiger partial charge on any atom is -0.481 e. The van der Waals surface area contributed by atoms with E-state index in [1.165, 1.54) is 28.6 Å². The first kappa shape index (κ1) is 20.6. The first-order chi connectivity index (χ1) is 11.1. The molecular formula is C14H22N2O6S2. The van der Waals surface area contributed by atoms with E-state index in [0.717, 1.165) is 0 Å². The van der Waals surface area contributed by atoms with Crippen LogP contribution in [-0.2, 0) is 24.8 Å². The molecule has 0 aromatic heterocycles. The highest BCUT2D eigenvalue weighted by Crippen LogP contribution is 2.18. The van der Waals surface area contributed by atoms with Gasteiger partial charge in [-0.3, -0.25) is 4.79 Å². The van der Waals surface area contributed by atoms with Crippen molar-refractivity contribution in [1.82, 2.24) is 9.03 Å². The number of carboxylic acid groups (broad SMARTS) is 1. The summed E-state index contributed by atoms with van der Waals surface area (Å²) in [5.74, 6) is -1.000. The van der Waals surface area contributed by atoms with Gasteiger partial charge in [-0.1, -0.05) is 13.8 Å². The van der Waals surface area contributed by atoms with Crippen molar-refractivity contribution in [2.75, 3.05) is 19.6 Å². The van der Waals surface area contributed by atoms with Crippen LogP contribution in [0, 0.1) is 0 Å². The summed E-state index contributed by atoms with van der Waals surface area (Å²) in [5.41, 5.74) is 0. The van der Waals surface area contributed by atoms with E-state index in [1.807, 2.05) is 0 Å². The highest BCUT2D eigenvalue weighted by atomic mass is 32.2. The van der Waals surface area contributed by atoms with E-state index < -0.39 is 26.0 Å². The van der Waals surface area contributed by atoms with Crippen molar-refractivity contribution in [2.24, 2.45) is 0 Å². The van der Waals surface area contributed by atoms with Gasteiger partial charge >= 0.3 is 5.97 Å². The maximum absolute atomic E-state index is 12.3. The zero-order valence-corrected chi connectivity index (χ0v) is 15.2. The van der Waals surface area contributed by atoms with Gasteiger partial charge in [0.2, 0.25) is 20.0 Å². The lowest BCUT2D eigenvalue weighted by molar-refractivity contribution is -0.137. The van der Waals surface area contributed by atoms with Gasteiger partial charge in [0.25, 0.3) is 0 Å². The largest absolute Gasteiger partial charge is 0.481 e. The van der Waals surface area contributed by atoms with Crippen LogP contribution >= 0.6 is 0 Å². The van der Waals surface area contributed by atoms with Crippen LogP contribution in [0.3, 0.4) is 0 Å². The Hall–Kier alpha value is -1.49. The zero-order valence-electron chi connectivity index (χ0n) is 13.6. The Bertz CT molecular complexity index is 753. The quantitative estimate of drug-likeness (QED) is 0.583. The van der Waals surface area contributed by atoms with Gasteiger partial charge in [-0.05, 0) is 30.7 Å². The second-order valence-electron chi connectivity index (χ2n) is 4.96. The van der Waals surface area contributed by atoms with E-state index in [2.05, 4.69) is 4.72 Å². The molecule has 10 heteroatoms. The monoisotopic (exact) mass is 378 g/mol. The van der Waals surface area contributed by atoms with Crippen molar-refractivity contribution in [3.63, 3.8) is 0 Å². The Labute approximate surface area is 142 Å². The molecule has 136 valence electrons. The van der Waals surface area contributed by atoms with E-state index in [-0.39, 0.29) is 29.2 Å². The number of carboxylic acids is 1. The normalized spacial score (nSPS) is 12.5. The van der Waals surface area contributed by atoms with Gasteiger partial charge in [-0.25, -0.2) is 21.6 Å². The van der Waals surface area contributed by atoms with Gasteiger partial charge in [-0.15, -0.1) is 0 Å². The number of hydrogen-bond donors (Lipinski definition) is 2. The number of benzene rings is 1. The minimum atomic E-state index is -3.80. The molecule has 0 spiro atoms. The molecule has 24 heavy (non-hydrogen) atoms. The summed E-state index contributed by atoms with van der Waals surface area (Å²) in [7, 11) is -7.44. The number of nitrogens with zero attached hydrogens (tertiary/aromatic N) is 1. The zero-order chi connectivity index (χ0) is 18.4. The number of sulfonamides is 2. The van der Waals surface area contributed by atoms with Crippen molar-refractivity contribution >= 4 is 26.0 Å². The van der Waals surface area contributed by atoms with Gasteiger partial charge in [0.15, 0.2) is 0 Å². The molecule has 0 heterocycles. The molecule has 8 nitrogen and oxygen atoms in total.